The Labute approximate surface area is 421 Å². The molecule has 1 aliphatic rings. The summed E-state index contributed by atoms with van der Waals surface area (Å²) in [4.78, 5) is 26.5. The van der Waals surface area contributed by atoms with E-state index < -0.39 is 12.1 Å². The highest BCUT2D eigenvalue weighted by molar-refractivity contribution is 14.1. The van der Waals surface area contributed by atoms with Crippen LogP contribution in [0.4, 0.5) is 48.1 Å². The summed E-state index contributed by atoms with van der Waals surface area (Å²) in [5.41, 5.74) is 7.98. The van der Waals surface area contributed by atoms with Gasteiger partial charge < -0.3 is 45.2 Å². The summed E-state index contributed by atoms with van der Waals surface area (Å²) in [5, 5.41) is 35.9. The molecule has 7 N–H and O–H groups in total. The summed E-state index contributed by atoms with van der Waals surface area (Å²) in [5.74, 6) is 1.55. The van der Waals surface area contributed by atoms with Gasteiger partial charge in [-0.3, -0.25) is 10.2 Å². The predicted octanol–water partition coefficient (Wildman–Crippen LogP) is 9.80. The van der Waals surface area contributed by atoms with Gasteiger partial charge in [0.15, 0.2) is 0 Å². The molecule has 0 saturated carbocycles. The Morgan fingerprint density at radius 2 is 1.17 bits per heavy atom. The van der Waals surface area contributed by atoms with Crippen LogP contribution in [0.25, 0.3) is 32.9 Å². The minimum absolute atomic E-state index is 0.316. The molecule has 8 aromatic rings. The van der Waals surface area contributed by atoms with Crippen LogP contribution in [0, 0.1) is 17.4 Å². The van der Waals surface area contributed by atoms with Crippen molar-refractivity contribution in [2.45, 2.75) is 58.9 Å². The van der Waals surface area contributed by atoms with Crippen LogP contribution in [-0.4, -0.2) is 104 Å². The van der Waals surface area contributed by atoms with Gasteiger partial charge in [-0.1, -0.05) is 24.3 Å². The van der Waals surface area contributed by atoms with Gasteiger partial charge in [-0.25, -0.2) is 14.8 Å². The van der Waals surface area contributed by atoms with Crippen molar-refractivity contribution in [1.29, 1.82) is 0 Å². The summed E-state index contributed by atoms with van der Waals surface area (Å²) in [6, 6.07) is 27.6. The predicted molar refractivity (Wildman–Crippen MR) is 278 cm³/mol. The first kappa shape index (κ1) is 53.1. The van der Waals surface area contributed by atoms with Crippen LogP contribution in [0.2, 0.25) is 0 Å². The van der Waals surface area contributed by atoms with Crippen molar-refractivity contribution in [3.05, 3.63) is 112 Å². The number of benzene rings is 4. The number of nitrogens with zero attached hydrogens (tertiary/aromatic N) is 6. The molecule has 0 atom stereocenters. The molecule has 1 fully saturated rings. The van der Waals surface area contributed by atoms with Crippen molar-refractivity contribution in [1.82, 2.24) is 40.3 Å². The highest BCUT2D eigenvalue weighted by Gasteiger charge is 2.52. The number of rotatable bonds is 10. The molecule has 0 spiro atoms. The lowest BCUT2D eigenvalue weighted by Gasteiger charge is -2.32. The zero-order valence-corrected chi connectivity index (χ0v) is 42.7. The first-order valence-electron chi connectivity index (χ1n) is 21.8. The molecule has 23 heteroatoms. The fraction of sp³-hybridized carbons (Fsp3) is 0.271. The number of nitrogens with one attached hydrogen (secondary N) is 6. The first-order valence-corrected chi connectivity index (χ1v) is 22.9. The number of anilines is 6. The maximum absolute atomic E-state index is 10.6. The van der Waals surface area contributed by atoms with Crippen molar-refractivity contribution in [2.75, 3.05) is 49.6 Å². The molecule has 1 aliphatic heterocycles. The number of carboxylic acids is 1. The Morgan fingerprint density at radius 1 is 0.690 bits per heavy atom. The third-order valence-corrected chi connectivity index (χ3v) is 12.0. The average Bonchev–Trinajstić information content (AvgIpc) is 4.06. The van der Waals surface area contributed by atoms with E-state index in [-0.39, 0.29) is 18.3 Å². The number of aliphatic carboxylic acids is 1. The molecule has 1 saturated heterocycles. The number of hydrogen-bond donors (Lipinski definition) is 7. The number of H-pyrrole nitrogens is 2. The van der Waals surface area contributed by atoms with Gasteiger partial charge >= 0.3 is 19.3 Å². The van der Waals surface area contributed by atoms with Crippen molar-refractivity contribution in [3.8, 4) is 22.6 Å². The molecule has 0 bridgehead atoms. The highest BCUT2D eigenvalue weighted by atomic mass is 127. The van der Waals surface area contributed by atoms with E-state index >= 15 is 0 Å². The molecule has 0 amide bonds. The molecule has 4 aromatic heterocycles. The van der Waals surface area contributed by atoms with Crippen LogP contribution in [0.3, 0.4) is 0 Å². The van der Waals surface area contributed by atoms with Crippen molar-refractivity contribution >= 4 is 97.9 Å². The summed E-state index contributed by atoms with van der Waals surface area (Å²) in [6.45, 7) is 12.1. The number of aryl methyl sites for hydroxylation is 2. The molecule has 0 radical (unpaired) electrons. The number of halogens is 4. The second-order valence-corrected chi connectivity index (χ2v) is 17.8. The summed E-state index contributed by atoms with van der Waals surface area (Å²) in [6.07, 6.45) is -1.44. The second-order valence-electron chi connectivity index (χ2n) is 16.7. The molecule has 372 valence electrons. The Morgan fingerprint density at radius 3 is 1.66 bits per heavy atom. The van der Waals surface area contributed by atoms with Crippen molar-refractivity contribution in [2.24, 2.45) is 0 Å². The molecule has 4 aromatic carbocycles. The Bertz CT molecular complexity index is 3100. The molecular formula is C48H53BF3IN12O6. The van der Waals surface area contributed by atoms with Crippen LogP contribution in [0.5, 0.6) is 11.5 Å². The number of alkyl halides is 3. The third-order valence-electron chi connectivity index (χ3n) is 11.1. The summed E-state index contributed by atoms with van der Waals surface area (Å²) >= 11 is 2.23. The quantitative estimate of drug-likeness (QED) is 0.0499. The van der Waals surface area contributed by atoms with Crippen LogP contribution in [-0.2, 0) is 14.1 Å². The number of aromatic nitrogens is 8. The number of methoxy groups -OCH3 is 2. The molecule has 9 rings (SSSR count). The first-order chi connectivity index (χ1) is 33.6. The van der Waals surface area contributed by atoms with Crippen LogP contribution >= 0.6 is 22.6 Å². The number of aromatic amines is 2. The van der Waals surface area contributed by atoms with Crippen molar-refractivity contribution < 1.29 is 41.9 Å². The van der Waals surface area contributed by atoms with Crippen LogP contribution in [0.1, 0.15) is 39.1 Å². The van der Waals surface area contributed by atoms with Gasteiger partial charge in [0.1, 0.15) is 23.1 Å². The van der Waals surface area contributed by atoms with E-state index in [9.17, 15) is 13.2 Å². The maximum Gasteiger partial charge on any atom is 0.495 e. The molecule has 5 heterocycles. The molecular weight excluding hydrogens is 1040 g/mol. The Kier molecular flexibility index (Phi) is 17.0. The minimum Gasteiger partial charge on any atom is -0.496 e. The molecule has 0 unspecified atom stereocenters. The van der Waals surface area contributed by atoms with Crippen LogP contribution in [0.15, 0.2) is 97.3 Å². The Balaban J connectivity index is 0.000000167. The standard InChI is InChI=1S/C20H20N6O.C13H17BN2O2.C13H15IN4O.C2HF3O2/c1-12-9-19(21-2)25-20(23-12)24-13-7-8-18(27-3)15(10-13)14-5-4-6-17-16(14)11-22-26-17;1-12(2)13(3,4)18-14(17-12)10-6-5-7-11-9(10)8-15-16-11;1-8-6-12(15-2)18-13(16-8)17-9-4-5-11(19-3)10(14)7-9;3-2(4,5)1(6)7/h4-11H,1-3H3,(H,22,26)(H2,21,23,24,25);5-8H,1-4H3,(H,15,16);4-7H,1-3H3,(H2,15,16,17,18);(H,6,7). The van der Waals surface area contributed by atoms with Gasteiger partial charge in [-0.2, -0.15) is 33.3 Å². The number of ether oxygens (including phenoxy) is 2. The topological polar surface area (TPSA) is 231 Å². The van der Waals surface area contributed by atoms with E-state index in [1.807, 2.05) is 119 Å². The largest absolute Gasteiger partial charge is 0.496 e. The average molecular weight is 1090 g/mol. The fourth-order valence-electron chi connectivity index (χ4n) is 6.87. The zero-order chi connectivity index (χ0) is 51.7. The fourth-order valence-corrected chi connectivity index (χ4v) is 7.61. The summed E-state index contributed by atoms with van der Waals surface area (Å²) < 4.78 is 55.7. The highest BCUT2D eigenvalue weighted by Crippen LogP contribution is 2.38. The van der Waals surface area contributed by atoms with Gasteiger partial charge in [0, 0.05) is 65.3 Å². The number of carboxylic acid groups (broad SMARTS) is 1. The lowest BCUT2D eigenvalue weighted by atomic mass is 9.77. The SMILES string of the molecule is CC1(C)OB(c2cccc3[nH]ncc23)OC1(C)C.CNc1cc(C)nc(Nc2ccc(OC)c(-c3cccc4[nH]ncc34)c2)n1.CNc1cc(C)nc(Nc2ccc(OC)c(I)c2)n1.O=C(O)C(F)(F)F. The second kappa shape index (κ2) is 22.7. The van der Waals surface area contributed by atoms with E-state index in [4.69, 9.17) is 28.7 Å². The third kappa shape index (κ3) is 13.3. The minimum atomic E-state index is -5.08. The lowest BCUT2D eigenvalue weighted by Crippen LogP contribution is -2.41. The van der Waals surface area contributed by atoms with E-state index in [1.165, 1.54) is 0 Å². The van der Waals surface area contributed by atoms with Crippen LogP contribution < -0.4 is 36.2 Å². The molecule has 71 heavy (non-hydrogen) atoms. The maximum atomic E-state index is 10.6. The lowest BCUT2D eigenvalue weighted by molar-refractivity contribution is -0.192. The molecule has 0 aliphatic carbocycles. The summed E-state index contributed by atoms with van der Waals surface area (Å²) in [7, 11) is 6.67. The van der Waals surface area contributed by atoms with Gasteiger partial charge in [0.2, 0.25) is 11.9 Å². The normalized spacial score (nSPS) is 13.4. The van der Waals surface area contributed by atoms with Gasteiger partial charge in [-0.05, 0) is 124 Å². The van der Waals surface area contributed by atoms with E-state index in [0.717, 1.165) is 87.9 Å². The zero-order valence-electron chi connectivity index (χ0n) is 40.5. The monoisotopic (exact) mass is 1090 g/mol. The molecule has 18 nitrogen and oxygen atoms in total. The number of carbonyl (C=O) groups is 1. The smallest absolute Gasteiger partial charge is 0.495 e. The number of hydrogen-bond acceptors (Lipinski definition) is 15. The Hall–Kier alpha value is -7.25. The van der Waals surface area contributed by atoms with Gasteiger partial charge in [0.05, 0.1) is 52.4 Å². The number of fused-ring (bicyclic) bond motifs is 2. The van der Waals surface area contributed by atoms with Gasteiger partial charge in [-0.15, -0.1) is 0 Å². The van der Waals surface area contributed by atoms with E-state index in [1.54, 1.807) is 14.2 Å². The van der Waals surface area contributed by atoms with E-state index in [0.29, 0.717) is 11.9 Å². The van der Waals surface area contributed by atoms with Gasteiger partial charge in [0.25, 0.3) is 0 Å². The van der Waals surface area contributed by atoms with Crippen molar-refractivity contribution in [3.63, 3.8) is 0 Å². The van der Waals surface area contributed by atoms with E-state index in [2.05, 4.69) is 118 Å².